The monoisotopic (exact) mass is 358 g/mol. The Kier molecular flexibility index (Phi) is 6.35. The molecule has 26 heavy (non-hydrogen) atoms. The van der Waals surface area contributed by atoms with Crippen LogP contribution in [0.5, 0.6) is 0 Å². The van der Waals surface area contributed by atoms with Crippen LogP contribution < -0.4 is 5.32 Å². The van der Waals surface area contributed by atoms with Crippen LogP contribution in [0.2, 0.25) is 0 Å². The lowest BCUT2D eigenvalue weighted by molar-refractivity contribution is 0.0161. The minimum Gasteiger partial charge on any atom is -0.379 e. The van der Waals surface area contributed by atoms with Gasteiger partial charge in [0.25, 0.3) is 5.91 Å². The number of morpholine rings is 1. The molecular formula is C19H26N4O3. The zero-order chi connectivity index (χ0) is 18.4. The molecule has 1 atom stereocenters. The van der Waals surface area contributed by atoms with E-state index >= 15 is 0 Å². The van der Waals surface area contributed by atoms with Crippen molar-refractivity contribution in [2.24, 2.45) is 5.92 Å². The van der Waals surface area contributed by atoms with Gasteiger partial charge in [0.1, 0.15) is 0 Å². The normalized spacial score (nSPS) is 16.6. The third-order valence-electron chi connectivity index (χ3n) is 4.43. The fourth-order valence-electron chi connectivity index (χ4n) is 3.14. The molecular weight excluding hydrogens is 332 g/mol. The number of nitrogens with zero attached hydrogens (tertiary/aromatic N) is 3. The average Bonchev–Trinajstić information content (AvgIpc) is 3.11. The van der Waals surface area contributed by atoms with Crippen molar-refractivity contribution in [2.75, 3.05) is 32.8 Å². The molecule has 0 spiro atoms. The van der Waals surface area contributed by atoms with E-state index in [0.717, 1.165) is 30.8 Å². The van der Waals surface area contributed by atoms with Crippen molar-refractivity contribution in [3.05, 3.63) is 47.6 Å². The number of pyridine rings is 1. The molecule has 0 saturated carbocycles. The topological polar surface area (TPSA) is 80.5 Å². The number of nitrogens with one attached hydrogen (secondary N) is 1. The molecule has 0 unspecified atom stereocenters. The number of aromatic nitrogens is 2. The number of rotatable bonds is 7. The molecule has 2 aromatic rings. The summed E-state index contributed by atoms with van der Waals surface area (Å²) >= 11 is 0. The maximum absolute atomic E-state index is 12.5. The van der Waals surface area contributed by atoms with Crippen molar-refractivity contribution < 1.29 is 14.1 Å². The first-order chi connectivity index (χ1) is 12.6. The summed E-state index contributed by atoms with van der Waals surface area (Å²) in [4.78, 5) is 18.9. The fraction of sp³-hybridized carbons (Fsp3) is 0.526. The summed E-state index contributed by atoms with van der Waals surface area (Å²) in [6.45, 7) is 7.79. The first-order valence-electron chi connectivity index (χ1n) is 9.09. The van der Waals surface area contributed by atoms with Gasteiger partial charge in [-0.3, -0.25) is 14.7 Å². The first-order valence-corrected chi connectivity index (χ1v) is 9.09. The van der Waals surface area contributed by atoms with Crippen LogP contribution in [0.1, 0.15) is 41.7 Å². The van der Waals surface area contributed by atoms with Crippen molar-refractivity contribution in [1.29, 1.82) is 0 Å². The molecule has 0 bridgehead atoms. The average molecular weight is 358 g/mol. The quantitative estimate of drug-likeness (QED) is 0.816. The molecule has 7 nitrogen and oxygen atoms in total. The van der Waals surface area contributed by atoms with Gasteiger partial charge in [-0.05, 0) is 30.0 Å². The third kappa shape index (κ3) is 4.89. The molecule has 3 heterocycles. The number of carbonyl (C=O) groups is 1. The number of amides is 1. The minimum absolute atomic E-state index is 0.0731. The summed E-state index contributed by atoms with van der Waals surface area (Å²) in [6, 6.07) is 5.78. The second-order valence-electron chi connectivity index (χ2n) is 6.94. The van der Waals surface area contributed by atoms with Crippen molar-refractivity contribution in [1.82, 2.24) is 20.4 Å². The van der Waals surface area contributed by atoms with Gasteiger partial charge >= 0.3 is 0 Å². The minimum atomic E-state index is -0.236. The molecule has 140 valence electrons. The molecule has 7 heteroatoms. The van der Waals surface area contributed by atoms with Crippen LogP contribution in [-0.2, 0) is 11.2 Å². The Labute approximate surface area is 153 Å². The predicted octanol–water partition coefficient (Wildman–Crippen LogP) is 2.07. The maximum Gasteiger partial charge on any atom is 0.289 e. The molecule has 0 radical (unpaired) electrons. The molecule has 1 N–H and O–H groups in total. The van der Waals surface area contributed by atoms with Gasteiger partial charge in [0, 0.05) is 38.1 Å². The number of hydrogen-bond acceptors (Lipinski definition) is 6. The first kappa shape index (κ1) is 18.5. The van der Waals surface area contributed by atoms with E-state index in [0.29, 0.717) is 25.7 Å². The zero-order valence-electron chi connectivity index (χ0n) is 15.4. The van der Waals surface area contributed by atoms with E-state index in [2.05, 4.69) is 34.2 Å². The van der Waals surface area contributed by atoms with E-state index in [1.807, 2.05) is 12.1 Å². The van der Waals surface area contributed by atoms with E-state index in [-0.39, 0.29) is 17.7 Å². The number of hydrogen-bond donors (Lipinski definition) is 1. The van der Waals surface area contributed by atoms with Crippen LogP contribution in [-0.4, -0.2) is 53.8 Å². The van der Waals surface area contributed by atoms with E-state index in [4.69, 9.17) is 9.26 Å². The third-order valence-corrected chi connectivity index (χ3v) is 4.43. The van der Waals surface area contributed by atoms with Gasteiger partial charge in [0.2, 0.25) is 5.76 Å². The van der Waals surface area contributed by atoms with Crippen molar-refractivity contribution in [3.8, 4) is 0 Å². The summed E-state index contributed by atoms with van der Waals surface area (Å²) in [5, 5.41) is 6.97. The highest BCUT2D eigenvalue weighted by Gasteiger charge is 2.24. The Morgan fingerprint density at radius 1 is 1.27 bits per heavy atom. The van der Waals surface area contributed by atoms with E-state index in [1.165, 1.54) is 0 Å². The molecule has 3 rings (SSSR count). The van der Waals surface area contributed by atoms with Crippen LogP contribution in [0.25, 0.3) is 0 Å². The SMILES string of the molecule is CC(C)Cc1cc(C(=O)NC[C@H](c2ccncc2)N2CCOCC2)on1. The van der Waals surface area contributed by atoms with Crippen molar-refractivity contribution in [3.63, 3.8) is 0 Å². The largest absolute Gasteiger partial charge is 0.379 e. The molecule has 1 amide bonds. The van der Waals surface area contributed by atoms with E-state index in [1.54, 1.807) is 18.5 Å². The zero-order valence-corrected chi connectivity index (χ0v) is 15.4. The lowest BCUT2D eigenvalue weighted by atomic mass is 10.1. The summed E-state index contributed by atoms with van der Waals surface area (Å²) in [5.41, 5.74) is 1.93. The van der Waals surface area contributed by atoms with Crippen LogP contribution in [0.15, 0.2) is 35.1 Å². The van der Waals surface area contributed by atoms with Crippen molar-refractivity contribution >= 4 is 5.91 Å². The molecule has 1 aliphatic heterocycles. The Bertz CT molecular complexity index is 696. The maximum atomic E-state index is 12.5. The summed E-state index contributed by atoms with van der Waals surface area (Å²) in [6.07, 6.45) is 4.35. The Morgan fingerprint density at radius 2 is 2.00 bits per heavy atom. The Hall–Kier alpha value is -2.25. The Balaban J connectivity index is 1.65. The standard InChI is InChI=1S/C19H26N4O3/c1-14(2)11-16-12-18(26-22-16)19(24)21-13-17(15-3-5-20-6-4-15)23-7-9-25-10-8-23/h3-6,12,14,17H,7-11,13H2,1-2H3,(H,21,24)/t17-/m1/s1. The van der Waals surface area contributed by atoms with Crippen LogP contribution in [0.4, 0.5) is 0 Å². The fourth-order valence-corrected chi connectivity index (χ4v) is 3.14. The molecule has 1 fully saturated rings. The second-order valence-corrected chi connectivity index (χ2v) is 6.94. The van der Waals surface area contributed by atoms with Gasteiger partial charge in [-0.15, -0.1) is 0 Å². The van der Waals surface area contributed by atoms with E-state index < -0.39 is 0 Å². The van der Waals surface area contributed by atoms with Gasteiger partial charge in [-0.2, -0.15) is 0 Å². The number of ether oxygens (including phenoxy) is 1. The number of carbonyl (C=O) groups excluding carboxylic acids is 1. The summed E-state index contributed by atoms with van der Waals surface area (Å²) < 4.78 is 10.7. The second kappa shape index (κ2) is 8.91. The van der Waals surface area contributed by atoms with Gasteiger partial charge in [-0.1, -0.05) is 19.0 Å². The Morgan fingerprint density at radius 3 is 2.69 bits per heavy atom. The highest BCUT2D eigenvalue weighted by Crippen LogP contribution is 2.21. The molecule has 1 aliphatic rings. The lowest BCUT2D eigenvalue weighted by Crippen LogP contribution is -2.43. The molecule has 0 aliphatic carbocycles. The van der Waals surface area contributed by atoms with Gasteiger partial charge in [0.05, 0.1) is 24.9 Å². The molecule has 0 aromatic carbocycles. The molecule has 2 aromatic heterocycles. The van der Waals surface area contributed by atoms with Gasteiger partial charge in [0.15, 0.2) is 0 Å². The highest BCUT2D eigenvalue weighted by atomic mass is 16.5. The van der Waals surface area contributed by atoms with Gasteiger partial charge in [-0.25, -0.2) is 0 Å². The highest BCUT2D eigenvalue weighted by molar-refractivity contribution is 5.91. The summed E-state index contributed by atoms with van der Waals surface area (Å²) in [7, 11) is 0. The van der Waals surface area contributed by atoms with E-state index in [9.17, 15) is 4.79 Å². The van der Waals surface area contributed by atoms with Crippen LogP contribution in [0.3, 0.4) is 0 Å². The van der Waals surface area contributed by atoms with Crippen LogP contribution in [0, 0.1) is 5.92 Å². The summed E-state index contributed by atoms with van der Waals surface area (Å²) in [5.74, 6) is 0.490. The lowest BCUT2D eigenvalue weighted by Gasteiger charge is -2.34. The molecule has 1 saturated heterocycles. The van der Waals surface area contributed by atoms with Crippen LogP contribution >= 0.6 is 0 Å². The van der Waals surface area contributed by atoms with Gasteiger partial charge < -0.3 is 14.6 Å². The predicted molar refractivity (Wildman–Crippen MR) is 96.7 cm³/mol. The van der Waals surface area contributed by atoms with Crippen molar-refractivity contribution in [2.45, 2.75) is 26.3 Å². The smallest absolute Gasteiger partial charge is 0.289 e.